The molecule has 2 heterocycles. The third-order valence-electron chi connectivity index (χ3n) is 5.16. The number of methoxy groups -OCH3 is 3. The Bertz CT molecular complexity index is 1180. The summed E-state index contributed by atoms with van der Waals surface area (Å²) in [6.07, 6.45) is 6.98. The number of carbonyl (C=O) groups is 1. The van der Waals surface area contributed by atoms with Crippen LogP contribution >= 0.6 is 0 Å². The van der Waals surface area contributed by atoms with E-state index in [1.54, 1.807) is 24.7 Å². The van der Waals surface area contributed by atoms with Crippen molar-refractivity contribution in [3.63, 3.8) is 0 Å². The molecule has 0 aliphatic carbocycles. The number of hydrogen-bond donors (Lipinski definition) is 0. The van der Waals surface area contributed by atoms with Gasteiger partial charge in [0, 0.05) is 40.3 Å². The fourth-order valence-corrected chi connectivity index (χ4v) is 3.52. The van der Waals surface area contributed by atoms with Crippen molar-refractivity contribution in [2.75, 3.05) is 21.3 Å². The molecule has 0 atom stereocenters. The molecule has 6 nitrogen and oxygen atoms in total. The van der Waals surface area contributed by atoms with Crippen LogP contribution in [0.1, 0.15) is 21.5 Å². The quantitative estimate of drug-likeness (QED) is 0.382. The molecule has 0 aliphatic rings. The van der Waals surface area contributed by atoms with E-state index in [1.807, 2.05) is 54.2 Å². The third-order valence-corrected chi connectivity index (χ3v) is 5.16. The average Bonchev–Trinajstić information content (AvgIpc) is 3.48. The zero-order chi connectivity index (χ0) is 22.0. The predicted molar refractivity (Wildman–Crippen MR) is 118 cm³/mol. The molecule has 0 fully saturated rings. The Hall–Kier alpha value is -3.93. The lowest BCUT2D eigenvalue weighted by atomic mass is 9.99. The van der Waals surface area contributed by atoms with E-state index in [9.17, 15) is 4.79 Å². The Labute approximate surface area is 180 Å². The van der Waals surface area contributed by atoms with Gasteiger partial charge in [-0.25, -0.2) is 0 Å². The maximum absolute atomic E-state index is 13.6. The molecule has 2 aromatic heterocycles. The number of hydrogen-bond acceptors (Lipinski definition) is 5. The Morgan fingerprint density at radius 2 is 1.58 bits per heavy atom. The molecule has 6 heteroatoms. The number of carbonyl (C=O) groups excluding carboxylic acids is 1. The van der Waals surface area contributed by atoms with Crippen LogP contribution in [-0.4, -0.2) is 31.7 Å². The normalized spacial score (nSPS) is 10.7. The number of aryl methyl sites for hydroxylation is 1. The van der Waals surface area contributed by atoms with Crippen LogP contribution in [0.5, 0.6) is 17.2 Å². The molecule has 0 radical (unpaired) electrons. The van der Waals surface area contributed by atoms with E-state index in [2.05, 4.69) is 0 Å². The fraction of sp³-hybridized carbons (Fsp3) is 0.160. The van der Waals surface area contributed by atoms with Gasteiger partial charge in [-0.1, -0.05) is 17.7 Å². The van der Waals surface area contributed by atoms with Gasteiger partial charge in [-0.05, 0) is 37.3 Å². The van der Waals surface area contributed by atoms with E-state index in [0.717, 1.165) is 16.8 Å². The van der Waals surface area contributed by atoms with Crippen molar-refractivity contribution in [2.24, 2.45) is 0 Å². The van der Waals surface area contributed by atoms with Crippen LogP contribution < -0.4 is 14.2 Å². The molecular weight excluding hydrogens is 394 g/mol. The van der Waals surface area contributed by atoms with E-state index in [-0.39, 0.29) is 5.78 Å². The molecule has 0 amide bonds. The van der Waals surface area contributed by atoms with E-state index in [1.165, 1.54) is 26.9 Å². The molecule has 4 rings (SSSR count). The summed E-state index contributed by atoms with van der Waals surface area (Å²) in [5.74, 6) is 1.12. The Morgan fingerprint density at radius 3 is 2.13 bits per heavy atom. The topological polar surface area (TPSA) is 62.8 Å². The van der Waals surface area contributed by atoms with Crippen LogP contribution in [0.2, 0.25) is 0 Å². The van der Waals surface area contributed by atoms with Gasteiger partial charge < -0.3 is 23.2 Å². The van der Waals surface area contributed by atoms with Gasteiger partial charge in [0.15, 0.2) is 17.3 Å². The van der Waals surface area contributed by atoms with Crippen molar-refractivity contribution in [1.29, 1.82) is 0 Å². The van der Waals surface area contributed by atoms with Crippen LogP contribution in [0.15, 0.2) is 71.8 Å². The van der Waals surface area contributed by atoms with Crippen molar-refractivity contribution in [2.45, 2.75) is 6.92 Å². The number of aromatic nitrogens is 1. The molecule has 0 saturated heterocycles. The molecule has 2 aromatic carbocycles. The standard InChI is InChI=1S/C25H23NO5/c1-16-5-7-19(8-6-16)26-13-20(17-9-10-31-15-17)21(14-26)24(27)18-11-22(28-2)25(30-4)23(12-18)29-3/h5-15H,1-4H3. The second kappa shape index (κ2) is 8.44. The second-order valence-electron chi connectivity index (χ2n) is 7.08. The highest BCUT2D eigenvalue weighted by Gasteiger charge is 2.22. The van der Waals surface area contributed by atoms with Crippen LogP contribution in [0.25, 0.3) is 16.8 Å². The average molecular weight is 417 g/mol. The first kappa shape index (κ1) is 20.3. The minimum Gasteiger partial charge on any atom is -0.493 e. The largest absolute Gasteiger partial charge is 0.493 e. The molecule has 0 aliphatic heterocycles. The summed E-state index contributed by atoms with van der Waals surface area (Å²) in [4.78, 5) is 13.6. The smallest absolute Gasteiger partial charge is 0.203 e. The summed E-state index contributed by atoms with van der Waals surface area (Å²) in [6.45, 7) is 2.04. The van der Waals surface area contributed by atoms with Crippen LogP contribution in [-0.2, 0) is 0 Å². The number of rotatable bonds is 7. The van der Waals surface area contributed by atoms with E-state index < -0.39 is 0 Å². The van der Waals surface area contributed by atoms with Gasteiger partial charge in [0.1, 0.15) is 0 Å². The summed E-state index contributed by atoms with van der Waals surface area (Å²) in [6, 6.07) is 13.3. The molecule has 0 saturated carbocycles. The minimum atomic E-state index is -0.165. The van der Waals surface area contributed by atoms with Crippen molar-refractivity contribution in [3.05, 3.63) is 84.1 Å². The molecule has 0 N–H and O–H groups in total. The zero-order valence-corrected chi connectivity index (χ0v) is 17.8. The summed E-state index contributed by atoms with van der Waals surface area (Å²) in [7, 11) is 4.58. The number of ether oxygens (including phenoxy) is 3. The van der Waals surface area contributed by atoms with E-state index in [4.69, 9.17) is 18.6 Å². The molecule has 158 valence electrons. The molecular formula is C25H23NO5. The van der Waals surface area contributed by atoms with Crippen molar-refractivity contribution < 1.29 is 23.4 Å². The predicted octanol–water partition coefficient (Wildman–Crippen LogP) is 5.30. The molecule has 31 heavy (non-hydrogen) atoms. The number of benzene rings is 2. The first-order chi connectivity index (χ1) is 15.0. The summed E-state index contributed by atoms with van der Waals surface area (Å²) in [5.41, 5.74) is 4.69. The monoisotopic (exact) mass is 417 g/mol. The van der Waals surface area contributed by atoms with Gasteiger partial charge in [-0.3, -0.25) is 4.79 Å². The van der Waals surface area contributed by atoms with Crippen LogP contribution in [0.3, 0.4) is 0 Å². The van der Waals surface area contributed by atoms with Gasteiger partial charge in [0.2, 0.25) is 5.75 Å². The lowest BCUT2D eigenvalue weighted by Gasteiger charge is -2.13. The third kappa shape index (κ3) is 3.80. The summed E-state index contributed by atoms with van der Waals surface area (Å²) >= 11 is 0. The molecule has 0 bridgehead atoms. The first-order valence-electron chi connectivity index (χ1n) is 9.72. The van der Waals surface area contributed by atoms with Crippen molar-refractivity contribution in [3.8, 4) is 34.1 Å². The molecule has 0 spiro atoms. The maximum Gasteiger partial charge on any atom is 0.203 e. The Morgan fingerprint density at radius 1 is 0.903 bits per heavy atom. The zero-order valence-electron chi connectivity index (χ0n) is 17.8. The number of furan rings is 1. The van der Waals surface area contributed by atoms with Gasteiger partial charge in [-0.2, -0.15) is 0 Å². The van der Waals surface area contributed by atoms with E-state index in [0.29, 0.717) is 28.4 Å². The SMILES string of the molecule is COc1cc(C(=O)c2cn(-c3ccc(C)cc3)cc2-c2ccoc2)cc(OC)c1OC. The second-order valence-corrected chi connectivity index (χ2v) is 7.08. The van der Waals surface area contributed by atoms with Crippen molar-refractivity contribution in [1.82, 2.24) is 4.57 Å². The maximum atomic E-state index is 13.6. The van der Waals surface area contributed by atoms with Crippen LogP contribution in [0, 0.1) is 6.92 Å². The summed E-state index contributed by atoms with van der Waals surface area (Å²) in [5, 5.41) is 0. The fourth-order valence-electron chi connectivity index (χ4n) is 3.52. The highest BCUT2D eigenvalue weighted by molar-refractivity contribution is 6.13. The van der Waals surface area contributed by atoms with Gasteiger partial charge in [0.05, 0.1) is 33.9 Å². The minimum absolute atomic E-state index is 0.165. The van der Waals surface area contributed by atoms with Crippen LogP contribution in [0.4, 0.5) is 0 Å². The van der Waals surface area contributed by atoms with E-state index >= 15 is 0 Å². The van der Waals surface area contributed by atoms with Gasteiger partial charge in [-0.15, -0.1) is 0 Å². The Kier molecular flexibility index (Phi) is 5.54. The van der Waals surface area contributed by atoms with Gasteiger partial charge in [0.25, 0.3) is 0 Å². The van der Waals surface area contributed by atoms with Crippen molar-refractivity contribution >= 4 is 5.78 Å². The summed E-state index contributed by atoms with van der Waals surface area (Å²) < 4.78 is 23.4. The highest BCUT2D eigenvalue weighted by Crippen LogP contribution is 2.39. The lowest BCUT2D eigenvalue weighted by Crippen LogP contribution is -2.04. The number of ketones is 1. The number of nitrogens with zero attached hydrogens (tertiary/aromatic N) is 1. The highest BCUT2D eigenvalue weighted by atomic mass is 16.5. The molecule has 4 aromatic rings. The Balaban J connectivity index is 1.85. The molecule has 0 unspecified atom stereocenters. The lowest BCUT2D eigenvalue weighted by molar-refractivity contribution is 0.103. The first-order valence-corrected chi connectivity index (χ1v) is 9.72. The van der Waals surface area contributed by atoms with Gasteiger partial charge >= 0.3 is 0 Å².